The second kappa shape index (κ2) is 3.34. The molecule has 0 aromatic rings. The van der Waals surface area contributed by atoms with Gasteiger partial charge in [-0.25, -0.2) is 0 Å². The van der Waals surface area contributed by atoms with Gasteiger partial charge in [-0.2, -0.15) is 5.10 Å². The van der Waals surface area contributed by atoms with Crippen LogP contribution in [-0.2, 0) is 4.79 Å². The van der Waals surface area contributed by atoms with Gasteiger partial charge in [-0.1, -0.05) is 0 Å². The predicted molar refractivity (Wildman–Crippen MR) is 42.1 cm³/mol. The van der Waals surface area contributed by atoms with Crippen molar-refractivity contribution < 1.29 is 4.79 Å². The Hall–Kier alpha value is -1.10. The molecule has 0 aromatic carbocycles. The minimum Gasteiger partial charge on any atom is -0.368 e. The molecule has 1 aliphatic heterocycles. The second-order valence-corrected chi connectivity index (χ2v) is 2.37. The van der Waals surface area contributed by atoms with E-state index in [-0.39, 0.29) is 11.9 Å². The van der Waals surface area contributed by atoms with Crippen molar-refractivity contribution in [2.45, 2.75) is 12.5 Å². The summed E-state index contributed by atoms with van der Waals surface area (Å²) >= 11 is 0. The Bertz CT molecular complexity index is 189. The summed E-state index contributed by atoms with van der Waals surface area (Å²) in [5.74, 6) is -0.364. The minimum atomic E-state index is -0.373. The highest BCUT2D eigenvalue weighted by Crippen LogP contribution is 2.01. The van der Waals surface area contributed by atoms with Crippen molar-refractivity contribution in [2.75, 3.05) is 13.6 Å². The molecule has 0 saturated carbocycles. The number of amides is 1. The zero-order valence-electron chi connectivity index (χ0n) is 6.42. The first-order chi connectivity index (χ1) is 5.25. The van der Waals surface area contributed by atoms with E-state index in [2.05, 4.69) is 15.8 Å². The number of hydrogen-bond acceptors (Lipinski definition) is 4. The molecule has 11 heavy (non-hydrogen) atoms. The van der Waals surface area contributed by atoms with Gasteiger partial charge in [0.05, 0.1) is 5.71 Å². The summed E-state index contributed by atoms with van der Waals surface area (Å²) in [5.41, 5.74) is 8.53. The van der Waals surface area contributed by atoms with E-state index in [4.69, 9.17) is 5.73 Å². The van der Waals surface area contributed by atoms with Crippen LogP contribution in [-0.4, -0.2) is 31.3 Å². The van der Waals surface area contributed by atoms with Gasteiger partial charge in [0.25, 0.3) is 0 Å². The van der Waals surface area contributed by atoms with Gasteiger partial charge in [0.15, 0.2) is 0 Å². The lowest BCUT2D eigenvalue weighted by atomic mass is 10.2. The molecule has 0 aliphatic carbocycles. The first-order valence-electron chi connectivity index (χ1n) is 3.51. The maximum Gasteiger partial charge on any atom is 0.240 e. The van der Waals surface area contributed by atoms with Crippen molar-refractivity contribution in [2.24, 2.45) is 10.8 Å². The summed E-state index contributed by atoms with van der Waals surface area (Å²) in [5, 5.41) is 6.88. The molecule has 1 rings (SSSR count). The number of hydrogen-bond donors (Lipinski definition) is 3. The Kier molecular flexibility index (Phi) is 2.43. The molecule has 0 radical (unpaired) electrons. The summed E-state index contributed by atoms with van der Waals surface area (Å²) < 4.78 is 0. The van der Waals surface area contributed by atoms with Crippen molar-refractivity contribution in [1.82, 2.24) is 10.7 Å². The van der Waals surface area contributed by atoms with Crippen LogP contribution >= 0.6 is 0 Å². The van der Waals surface area contributed by atoms with Gasteiger partial charge in [-0.15, -0.1) is 0 Å². The molecular weight excluding hydrogens is 144 g/mol. The van der Waals surface area contributed by atoms with Crippen LogP contribution < -0.4 is 16.5 Å². The van der Waals surface area contributed by atoms with E-state index in [1.807, 2.05) is 0 Å². The number of carbonyl (C=O) groups is 1. The van der Waals surface area contributed by atoms with Crippen LogP contribution in [0.5, 0.6) is 0 Å². The summed E-state index contributed by atoms with van der Waals surface area (Å²) in [4.78, 5) is 10.7. The third-order valence-corrected chi connectivity index (χ3v) is 1.60. The number of hydrazone groups is 1. The highest BCUT2D eigenvalue weighted by Gasteiger charge is 2.26. The molecule has 1 saturated heterocycles. The number of nitrogens with two attached hydrogens (primary N) is 1. The molecule has 5 nitrogen and oxygen atoms in total. The van der Waals surface area contributed by atoms with Crippen LogP contribution in [0.1, 0.15) is 6.42 Å². The fourth-order valence-electron chi connectivity index (χ4n) is 1.14. The summed E-state index contributed by atoms with van der Waals surface area (Å²) in [6.07, 6.45) is 0.786. The lowest BCUT2D eigenvalue weighted by Crippen LogP contribution is -2.41. The average molecular weight is 156 g/mol. The van der Waals surface area contributed by atoms with Crippen molar-refractivity contribution in [3.63, 3.8) is 0 Å². The van der Waals surface area contributed by atoms with Gasteiger partial charge in [-0.3, -0.25) is 4.79 Å². The molecule has 0 bridgehead atoms. The maximum absolute atomic E-state index is 10.7. The molecule has 4 N–H and O–H groups in total. The molecule has 1 aliphatic rings. The Morgan fingerprint density at radius 1 is 1.91 bits per heavy atom. The predicted octanol–water partition coefficient (Wildman–Crippen LogP) is -1.59. The van der Waals surface area contributed by atoms with Gasteiger partial charge in [0.1, 0.15) is 6.04 Å². The largest absolute Gasteiger partial charge is 0.368 e. The second-order valence-electron chi connectivity index (χ2n) is 2.37. The number of primary amides is 1. The number of rotatable bonds is 2. The molecule has 1 fully saturated rings. The monoisotopic (exact) mass is 156 g/mol. The van der Waals surface area contributed by atoms with Gasteiger partial charge in [0.2, 0.25) is 5.91 Å². The van der Waals surface area contributed by atoms with Crippen LogP contribution in [0.3, 0.4) is 0 Å². The molecule has 0 spiro atoms. The Labute approximate surface area is 65.0 Å². The fraction of sp³-hybridized carbons (Fsp3) is 0.667. The normalized spacial score (nSPS) is 27.4. The number of nitrogens with zero attached hydrogens (tertiary/aromatic N) is 1. The minimum absolute atomic E-state index is 0.364. The SMILES string of the molecule is CNN=C1CCNC1C(N)=O. The molecule has 1 unspecified atom stereocenters. The molecule has 1 amide bonds. The van der Waals surface area contributed by atoms with E-state index in [9.17, 15) is 4.79 Å². The van der Waals surface area contributed by atoms with Gasteiger partial charge in [-0.05, 0) is 0 Å². The van der Waals surface area contributed by atoms with E-state index in [0.717, 1.165) is 18.7 Å². The Morgan fingerprint density at radius 3 is 3.18 bits per heavy atom. The van der Waals surface area contributed by atoms with Crippen LogP contribution in [0.25, 0.3) is 0 Å². The maximum atomic E-state index is 10.7. The molecule has 62 valence electrons. The first-order valence-corrected chi connectivity index (χ1v) is 3.51. The summed E-state index contributed by atoms with van der Waals surface area (Å²) in [6.45, 7) is 0.772. The average Bonchev–Trinajstić information content (AvgIpc) is 2.36. The van der Waals surface area contributed by atoms with E-state index >= 15 is 0 Å². The highest BCUT2D eigenvalue weighted by atomic mass is 16.1. The standard InChI is InChI=1S/C6H12N4O/c1-8-10-4-2-3-9-5(4)6(7)11/h5,8-9H,2-3H2,1H3,(H2,7,11). The van der Waals surface area contributed by atoms with E-state index in [1.54, 1.807) is 7.05 Å². The van der Waals surface area contributed by atoms with E-state index < -0.39 is 0 Å². The molecule has 0 aromatic heterocycles. The molecular formula is C6H12N4O. The van der Waals surface area contributed by atoms with Crippen LogP contribution in [0.4, 0.5) is 0 Å². The zero-order valence-corrected chi connectivity index (χ0v) is 6.42. The number of carbonyl (C=O) groups excluding carboxylic acids is 1. The quantitative estimate of drug-likeness (QED) is 0.422. The van der Waals surface area contributed by atoms with Crippen molar-refractivity contribution in [3.8, 4) is 0 Å². The van der Waals surface area contributed by atoms with E-state index in [1.165, 1.54) is 0 Å². The van der Waals surface area contributed by atoms with Gasteiger partial charge >= 0.3 is 0 Å². The summed E-state index contributed by atoms with van der Waals surface area (Å²) in [6, 6.07) is -0.373. The molecule has 5 heteroatoms. The Morgan fingerprint density at radius 2 is 2.64 bits per heavy atom. The van der Waals surface area contributed by atoms with Crippen LogP contribution in [0.15, 0.2) is 5.10 Å². The van der Waals surface area contributed by atoms with Crippen molar-refractivity contribution in [1.29, 1.82) is 0 Å². The third-order valence-electron chi connectivity index (χ3n) is 1.60. The molecule has 1 atom stereocenters. The van der Waals surface area contributed by atoms with Crippen LogP contribution in [0, 0.1) is 0 Å². The lowest BCUT2D eigenvalue weighted by molar-refractivity contribution is -0.118. The first kappa shape index (κ1) is 8.00. The van der Waals surface area contributed by atoms with Crippen molar-refractivity contribution in [3.05, 3.63) is 0 Å². The van der Waals surface area contributed by atoms with Gasteiger partial charge < -0.3 is 16.5 Å². The zero-order chi connectivity index (χ0) is 8.27. The number of nitrogens with one attached hydrogen (secondary N) is 2. The van der Waals surface area contributed by atoms with Crippen molar-refractivity contribution >= 4 is 11.6 Å². The topological polar surface area (TPSA) is 79.5 Å². The fourth-order valence-corrected chi connectivity index (χ4v) is 1.14. The van der Waals surface area contributed by atoms with Gasteiger partial charge in [0, 0.05) is 20.0 Å². The molecule has 1 heterocycles. The smallest absolute Gasteiger partial charge is 0.240 e. The van der Waals surface area contributed by atoms with Crippen LogP contribution in [0.2, 0.25) is 0 Å². The highest BCUT2D eigenvalue weighted by molar-refractivity contribution is 6.08. The summed E-state index contributed by atoms with van der Waals surface area (Å²) in [7, 11) is 1.70. The third kappa shape index (κ3) is 1.68. The lowest BCUT2D eigenvalue weighted by Gasteiger charge is -2.05. The van der Waals surface area contributed by atoms with E-state index in [0.29, 0.717) is 0 Å². The Balaban J connectivity index is 2.65.